The number of hydrogen-bond donors (Lipinski definition) is 2. The second-order valence-corrected chi connectivity index (χ2v) is 7.51. The molecule has 1 aromatic heterocycles. The number of amides is 2. The average molecular weight is 380 g/mol. The molecule has 0 spiro atoms. The standard InChI is InChI=1S/C21H28N6O/c28-21(24-18-7-2-3-8-19(18)26-13-4-1-5-14-26)27-15-10-17(11-16-27)23-20-9-6-12-22-25-20/h2-3,6-9,12,17H,1,4-5,10-11,13-16H2,(H,23,25)(H,24,28). The highest BCUT2D eigenvalue weighted by Crippen LogP contribution is 2.28. The number of para-hydroxylation sites is 2. The molecule has 0 atom stereocenters. The molecule has 2 aromatic rings. The number of piperidine rings is 2. The first kappa shape index (κ1) is 18.5. The van der Waals surface area contributed by atoms with Crippen molar-refractivity contribution >= 4 is 23.2 Å². The van der Waals surface area contributed by atoms with Crippen molar-refractivity contribution in [3.8, 4) is 0 Å². The molecule has 2 amide bonds. The van der Waals surface area contributed by atoms with Gasteiger partial charge in [-0.1, -0.05) is 12.1 Å². The van der Waals surface area contributed by atoms with E-state index in [1.165, 1.54) is 19.3 Å². The van der Waals surface area contributed by atoms with Gasteiger partial charge in [-0.2, -0.15) is 5.10 Å². The molecule has 2 fully saturated rings. The molecule has 2 N–H and O–H groups in total. The lowest BCUT2D eigenvalue weighted by Crippen LogP contribution is -2.44. The number of nitrogens with zero attached hydrogens (tertiary/aromatic N) is 4. The summed E-state index contributed by atoms with van der Waals surface area (Å²) in [4.78, 5) is 17.1. The van der Waals surface area contributed by atoms with Crippen molar-refractivity contribution < 1.29 is 4.79 Å². The molecule has 28 heavy (non-hydrogen) atoms. The van der Waals surface area contributed by atoms with E-state index in [4.69, 9.17) is 0 Å². The van der Waals surface area contributed by atoms with Gasteiger partial charge in [0, 0.05) is 38.4 Å². The Balaban J connectivity index is 1.32. The molecular formula is C21H28N6O. The molecule has 2 aliphatic heterocycles. The number of urea groups is 1. The first-order valence-corrected chi connectivity index (χ1v) is 10.2. The van der Waals surface area contributed by atoms with Crippen LogP contribution in [-0.4, -0.2) is 53.3 Å². The summed E-state index contributed by atoms with van der Waals surface area (Å²) in [5, 5.41) is 14.5. The van der Waals surface area contributed by atoms with E-state index in [9.17, 15) is 4.79 Å². The Kier molecular flexibility index (Phi) is 5.89. The molecule has 0 saturated carbocycles. The zero-order valence-electron chi connectivity index (χ0n) is 16.2. The van der Waals surface area contributed by atoms with Crippen LogP contribution in [0.25, 0.3) is 0 Å². The zero-order chi connectivity index (χ0) is 19.2. The van der Waals surface area contributed by atoms with Crippen LogP contribution in [-0.2, 0) is 0 Å². The summed E-state index contributed by atoms with van der Waals surface area (Å²) in [6, 6.07) is 12.2. The Morgan fingerprint density at radius 1 is 0.964 bits per heavy atom. The van der Waals surface area contributed by atoms with Crippen molar-refractivity contribution in [3.63, 3.8) is 0 Å². The fourth-order valence-electron chi connectivity index (χ4n) is 4.00. The van der Waals surface area contributed by atoms with Crippen LogP contribution in [0.4, 0.5) is 22.0 Å². The average Bonchev–Trinajstić information content (AvgIpc) is 2.76. The van der Waals surface area contributed by atoms with E-state index in [1.54, 1.807) is 6.20 Å². The molecule has 148 valence electrons. The number of benzene rings is 1. The molecule has 2 saturated heterocycles. The lowest BCUT2D eigenvalue weighted by atomic mass is 10.1. The van der Waals surface area contributed by atoms with Gasteiger partial charge in [-0.05, 0) is 56.4 Å². The van der Waals surface area contributed by atoms with Crippen LogP contribution < -0.4 is 15.5 Å². The van der Waals surface area contributed by atoms with E-state index in [0.29, 0.717) is 6.04 Å². The quantitative estimate of drug-likeness (QED) is 0.848. The van der Waals surface area contributed by atoms with Gasteiger partial charge in [0.2, 0.25) is 0 Å². The summed E-state index contributed by atoms with van der Waals surface area (Å²) < 4.78 is 0. The summed E-state index contributed by atoms with van der Waals surface area (Å²) in [5.41, 5.74) is 2.05. The van der Waals surface area contributed by atoms with Gasteiger partial charge in [-0.15, -0.1) is 5.10 Å². The maximum Gasteiger partial charge on any atom is 0.321 e. The topological polar surface area (TPSA) is 73.4 Å². The van der Waals surface area contributed by atoms with E-state index >= 15 is 0 Å². The van der Waals surface area contributed by atoms with Crippen molar-refractivity contribution in [2.75, 3.05) is 41.7 Å². The van der Waals surface area contributed by atoms with Crippen molar-refractivity contribution in [2.45, 2.75) is 38.1 Å². The van der Waals surface area contributed by atoms with Gasteiger partial charge in [0.15, 0.2) is 0 Å². The Hall–Kier alpha value is -2.83. The smallest absolute Gasteiger partial charge is 0.321 e. The first-order valence-electron chi connectivity index (χ1n) is 10.2. The van der Waals surface area contributed by atoms with Crippen LogP contribution in [0.5, 0.6) is 0 Å². The zero-order valence-corrected chi connectivity index (χ0v) is 16.2. The summed E-state index contributed by atoms with van der Waals surface area (Å²) in [7, 11) is 0. The van der Waals surface area contributed by atoms with Gasteiger partial charge in [-0.3, -0.25) is 0 Å². The van der Waals surface area contributed by atoms with E-state index in [1.807, 2.05) is 35.2 Å². The molecule has 0 radical (unpaired) electrons. The Morgan fingerprint density at radius 2 is 1.75 bits per heavy atom. The van der Waals surface area contributed by atoms with Gasteiger partial charge in [0.25, 0.3) is 0 Å². The molecule has 7 heteroatoms. The van der Waals surface area contributed by atoms with E-state index in [0.717, 1.165) is 56.2 Å². The number of rotatable bonds is 4. The highest BCUT2D eigenvalue weighted by Gasteiger charge is 2.24. The van der Waals surface area contributed by atoms with Gasteiger partial charge in [-0.25, -0.2) is 4.79 Å². The third-order valence-electron chi connectivity index (χ3n) is 5.55. The predicted molar refractivity (Wildman–Crippen MR) is 112 cm³/mol. The Morgan fingerprint density at radius 3 is 2.50 bits per heavy atom. The molecule has 0 aliphatic carbocycles. The maximum absolute atomic E-state index is 12.8. The molecule has 2 aliphatic rings. The molecule has 1 aromatic carbocycles. The largest absolute Gasteiger partial charge is 0.370 e. The second kappa shape index (κ2) is 8.91. The van der Waals surface area contributed by atoms with E-state index in [-0.39, 0.29) is 6.03 Å². The summed E-state index contributed by atoms with van der Waals surface area (Å²) >= 11 is 0. The van der Waals surface area contributed by atoms with Crippen LogP contribution >= 0.6 is 0 Å². The molecule has 0 bridgehead atoms. The molecule has 7 nitrogen and oxygen atoms in total. The van der Waals surface area contributed by atoms with E-state index < -0.39 is 0 Å². The summed E-state index contributed by atoms with van der Waals surface area (Å²) in [6.07, 6.45) is 7.20. The lowest BCUT2D eigenvalue weighted by Gasteiger charge is -2.34. The SMILES string of the molecule is O=C(Nc1ccccc1N1CCCCC1)N1CCC(Nc2cccnn2)CC1. The fraction of sp³-hybridized carbons (Fsp3) is 0.476. The maximum atomic E-state index is 12.8. The fourth-order valence-corrected chi connectivity index (χ4v) is 4.00. The number of carbonyl (C=O) groups is 1. The monoisotopic (exact) mass is 380 g/mol. The molecule has 0 unspecified atom stereocenters. The van der Waals surface area contributed by atoms with Crippen LogP contribution in [0.1, 0.15) is 32.1 Å². The van der Waals surface area contributed by atoms with Crippen molar-refractivity contribution in [1.29, 1.82) is 0 Å². The van der Waals surface area contributed by atoms with Crippen molar-refractivity contribution in [1.82, 2.24) is 15.1 Å². The Bertz CT molecular complexity index is 769. The predicted octanol–water partition coefficient (Wildman–Crippen LogP) is 3.58. The highest BCUT2D eigenvalue weighted by molar-refractivity contribution is 5.93. The van der Waals surface area contributed by atoms with Gasteiger partial charge in [0.1, 0.15) is 5.82 Å². The number of likely N-dealkylation sites (tertiary alicyclic amines) is 1. The van der Waals surface area contributed by atoms with Gasteiger partial charge >= 0.3 is 6.03 Å². The summed E-state index contributed by atoms with van der Waals surface area (Å²) in [6.45, 7) is 3.59. The minimum Gasteiger partial charge on any atom is -0.370 e. The normalized spacial score (nSPS) is 18.0. The minimum absolute atomic E-state index is 0.0117. The van der Waals surface area contributed by atoms with Gasteiger partial charge < -0.3 is 20.4 Å². The van der Waals surface area contributed by atoms with E-state index in [2.05, 4.69) is 31.8 Å². The minimum atomic E-state index is -0.0117. The number of nitrogens with one attached hydrogen (secondary N) is 2. The third-order valence-corrected chi connectivity index (χ3v) is 5.55. The third kappa shape index (κ3) is 4.52. The first-order chi connectivity index (χ1) is 13.8. The van der Waals surface area contributed by atoms with Crippen LogP contribution in [0.3, 0.4) is 0 Å². The number of aromatic nitrogens is 2. The molecule has 3 heterocycles. The number of carbonyl (C=O) groups excluding carboxylic acids is 1. The van der Waals surface area contributed by atoms with Gasteiger partial charge in [0.05, 0.1) is 11.4 Å². The number of hydrogen-bond acceptors (Lipinski definition) is 5. The molecular weight excluding hydrogens is 352 g/mol. The van der Waals surface area contributed by atoms with Crippen LogP contribution in [0.2, 0.25) is 0 Å². The van der Waals surface area contributed by atoms with Crippen LogP contribution in [0, 0.1) is 0 Å². The van der Waals surface area contributed by atoms with Crippen molar-refractivity contribution in [3.05, 3.63) is 42.6 Å². The second-order valence-electron chi connectivity index (χ2n) is 7.51. The highest BCUT2D eigenvalue weighted by atomic mass is 16.2. The Labute approximate surface area is 166 Å². The van der Waals surface area contributed by atoms with Crippen LogP contribution in [0.15, 0.2) is 42.6 Å². The number of anilines is 3. The van der Waals surface area contributed by atoms with Crippen molar-refractivity contribution in [2.24, 2.45) is 0 Å². The summed E-state index contributed by atoms with van der Waals surface area (Å²) in [5.74, 6) is 0.792. The lowest BCUT2D eigenvalue weighted by molar-refractivity contribution is 0.197. The molecule has 4 rings (SSSR count).